The summed E-state index contributed by atoms with van der Waals surface area (Å²) in [4.78, 5) is 14.5. The average Bonchev–Trinajstić information content (AvgIpc) is 3.39. The third-order valence-corrected chi connectivity index (χ3v) is 11.2. The van der Waals surface area contributed by atoms with Crippen LogP contribution in [0.3, 0.4) is 0 Å². The van der Waals surface area contributed by atoms with Crippen molar-refractivity contribution in [2.24, 2.45) is 7.05 Å². The molecule has 0 spiro atoms. The fourth-order valence-corrected chi connectivity index (χ4v) is 9.84. The van der Waals surface area contributed by atoms with Crippen molar-refractivity contribution in [1.82, 2.24) is 9.78 Å². The van der Waals surface area contributed by atoms with Crippen molar-refractivity contribution in [3.05, 3.63) is 150 Å². The predicted octanol–water partition coefficient (Wildman–Crippen LogP) is 5.21. The number of fused-ring (bicyclic) bond motifs is 1. The lowest BCUT2D eigenvalue weighted by Gasteiger charge is -2.36. The van der Waals surface area contributed by atoms with Crippen LogP contribution >= 0.6 is 6.89 Å². The van der Waals surface area contributed by atoms with Crippen LogP contribution in [-0.4, -0.2) is 20.9 Å². The first-order chi connectivity index (χ1) is 17.7. The Hall–Kier alpha value is -4.20. The van der Waals surface area contributed by atoms with Crippen LogP contribution in [0.25, 0.3) is 5.57 Å². The van der Waals surface area contributed by atoms with Crippen LogP contribution in [0.4, 0.5) is 0 Å². The Morgan fingerprint density at radius 2 is 1.33 bits per heavy atom. The lowest BCUT2D eigenvalue weighted by Crippen LogP contribution is -2.39. The van der Waals surface area contributed by atoms with Gasteiger partial charge in [-0.1, -0.05) is 115 Å². The summed E-state index contributed by atoms with van der Waals surface area (Å²) in [7, 11) is 1.98. The van der Waals surface area contributed by atoms with Gasteiger partial charge in [-0.25, -0.2) is 0 Å². The van der Waals surface area contributed by atoms with Gasteiger partial charge in [-0.3, -0.25) is 9.48 Å². The number of benzene rings is 4. The third kappa shape index (κ3) is 3.44. The lowest BCUT2D eigenvalue weighted by molar-refractivity contribution is 0.106. The van der Waals surface area contributed by atoms with Crippen LogP contribution in [0.1, 0.15) is 21.5 Å². The average molecular weight is 485 g/mol. The molecule has 4 heteroatoms. The molecule has 1 atom stereocenters. The van der Waals surface area contributed by atoms with E-state index in [1.165, 1.54) is 5.30 Å². The Bertz CT molecular complexity index is 1650. The zero-order valence-electron chi connectivity index (χ0n) is 20.0. The van der Waals surface area contributed by atoms with Crippen LogP contribution in [0.5, 0.6) is 0 Å². The Morgan fingerprint density at radius 1 is 0.722 bits per heavy atom. The molecule has 0 fully saturated rings. The molecule has 6 rings (SSSR count). The van der Waals surface area contributed by atoms with E-state index in [0.29, 0.717) is 5.56 Å². The highest BCUT2D eigenvalue weighted by molar-refractivity contribution is 7.97. The molecule has 0 radical (unpaired) electrons. The van der Waals surface area contributed by atoms with Crippen LogP contribution in [-0.2, 0) is 7.05 Å². The van der Waals surface area contributed by atoms with E-state index >= 15 is 0 Å². The number of ketones is 1. The first kappa shape index (κ1) is 22.3. The smallest absolute Gasteiger partial charge is 0.194 e. The predicted molar refractivity (Wildman–Crippen MR) is 151 cm³/mol. The van der Waals surface area contributed by atoms with E-state index in [0.717, 1.165) is 32.7 Å². The molecule has 0 N–H and O–H groups in total. The van der Waals surface area contributed by atoms with E-state index in [-0.39, 0.29) is 5.78 Å². The number of rotatable bonds is 5. The summed E-state index contributed by atoms with van der Waals surface area (Å²) in [5.41, 5.74) is 5.08. The molecular formula is C32H25N2OP. The zero-order valence-corrected chi connectivity index (χ0v) is 20.8. The van der Waals surface area contributed by atoms with Crippen LogP contribution in [0.2, 0.25) is 0 Å². The standard InChI is InChI=1S/C32H25N2OP/c1-34-31(21-22-33-34)36(26-17-9-4-10-18-26)29-20-12-11-19-27(29)28(24-13-5-2-6-14-24)23-30(36)32(35)25-15-7-3-8-16-25/h2-23H,1H3. The van der Waals surface area contributed by atoms with E-state index in [2.05, 4.69) is 77.9 Å². The fourth-order valence-electron chi connectivity index (χ4n) is 5.25. The van der Waals surface area contributed by atoms with Crippen LogP contribution < -0.4 is 16.0 Å². The molecule has 1 aromatic heterocycles. The number of Topliss-reactive ketones (excluding diaryl/α,β-unsaturated/α-hetero) is 1. The Morgan fingerprint density at radius 3 is 2.00 bits per heavy atom. The second-order valence-electron chi connectivity index (χ2n) is 8.84. The molecule has 0 aliphatic carbocycles. The molecule has 36 heavy (non-hydrogen) atoms. The normalized spacial score (nSPS) is 16.8. The summed E-state index contributed by atoms with van der Waals surface area (Å²) in [6.45, 7) is -2.57. The number of carbonyl (C=O) groups is 1. The SMILES string of the molecule is Cn1nccc1P1(c2ccccc2)=C(C(=O)c2ccccc2)C=C(c2ccccc2)c2ccccc21. The third-order valence-electron chi connectivity index (χ3n) is 6.83. The number of carbonyl (C=O) groups excluding carboxylic acids is 1. The number of hydrogen-bond acceptors (Lipinski definition) is 2. The van der Waals surface area contributed by atoms with Crippen molar-refractivity contribution in [3.63, 3.8) is 0 Å². The van der Waals surface area contributed by atoms with Crippen molar-refractivity contribution in [2.45, 2.75) is 0 Å². The van der Waals surface area contributed by atoms with Gasteiger partial charge >= 0.3 is 0 Å². The van der Waals surface area contributed by atoms with Gasteiger partial charge in [-0.15, -0.1) is 0 Å². The second-order valence-corrected chi connectivity index (χ2v) is 12.1. The molecule has 3 nitrogen and oxygen atoms in total. The van der Waals surface area contributed by atoms with E-state index in [1.807, 2.05) is 72.5 Å². The summed E-state index contributed by atoms with van der Waals surface area (Å²) >= 11 is 0. The van der Waals surface area contributed by atoms with Crippen LogP contribution in [0.15, 0.2) is 134 Å². The molecule has 1 aliphatic heterocycles. The van der Waals surface area contributed by atoms with E-state index < -0.39 is 6.89 Å². The highest BCUT2D eigenvalue weighted by atomic mass is 31.2. The van der Waals surface area contributed by atoms with Crippen molar-refractivity contribution < 1.29 is 4.79 Å². The van der Waals surface area contributed by atoms with Gasteiger partial charge in [0.1, 0.15) is 0 Å². The number of hydrogen-bond donors (Lipinski definition) is 0. The van der Waals surface area contributed by atoms with Gasteiger partial charge in [0.2, 0.25) is 0 Å². The first-order valence-corrected chi connectivity index (χ1v) is 13.8. The monoisotopic (exact) mass is 484 g/mol. The quantitative estimate of drug-likeness (QED) is 0.253. The molecule has 0 saturated heterocycles. The maximum Gasteiger partial charge on any atom is 0.194 e. The van der Waals surface area contributed by atoms with Gasteiger partial charge in [0.25, 0.3) is 0 Å². The molecule has 1 unspecified atom stereocenters. The van der Waals surface area contributed by atoms with E-state index in [1.54, 1.807) is 0 Å². The van der Waals surface area contributed by atoms with Gasteiger partial charge < -0.3 is 0 Å². The Kier molecular flexibility index (Phi) is 5.64. The van der Waals surface area contributed by atoms with Crippen molar-refractivity contribution in [3.8, 4) is 0 Å². The molecular weight excluding hydrogens is 459 g/mol. The molecule has 0 saturated carbocycles. The lowest BCUT2D eigenvalue weighted by atomic mass is 9.95. The summed E-state index contributed by atoms with van der Waals surface area (Å²) in [6.07, 6.45) is 3.99. The van der Waals surface area contributed by atoms with Gasteiger partial charge in [-0.05, 0) is 39.5 Å². The van der Waals surface area contributed by atoms with Crippen molar-refractivity contribution in [1.29, 1.82) is 0 Å². The van der Waals surface area contributed by atoms with Gasteiger partial charge in [0.15, 0.2) is 5.78 Å². The maximum atomic E-state index is 14.5. The second kappa shape index (κ2) is 9.11. The number of aromatic nitrogens is 2. The highest BCUT2D eigenvalue weighted by Gasteiger charge is 2.39. The summed E-state index contributed by atoms with van der Waals surface area (Å²) in [6, 6.07) is 41.1. The number of allylic oxidation sites excluding steroid dienone is 1. The molecule has 4 aromatic carbocycles. The summed E-state index contributed by atoms with van der Waals surface area (Å²) in [5.74, 6) is 0.0527. The summed E-state index contributed by atoms with van der Waals surface area (Å²) < 4.78 is 1.94. The maximum absolute atomic E-state index is 14.5. The number of nitrogens with zero attached hydrogens (tertiary/aromatic N) is 2. The molecule has 2 heterocycles. The van der Waals surface area contributed by atoms with E-state index in [4.69, 9.17) is 0 Å². The van der Waals surface area contributed by atoms with Crippen LogP contribution in [0, 0.1) is 0 Å². The minimum atomic E-state index is -2.57. The largest absolute Gasteiger partial charge is 0.289 e. The van der Waals surface area contributed by atoms with Crippen molar-refractivity contribution in [2.75, 3.05) is 0 Å². The highest BCUT2D eigenvalue weighted by Crippen LogP contribution is 2.51. The minimum absolute atomic E-state index is 0.0527. The topological polar surface area (TPSA) is 34.9 Å². The molecule has 1 aliphatic rings. The first-order valence-electron chi connectivity index (χ1n) is 12.0. The molecule has 0 bridgehead atoms. The summed E-state index contributed by atoms with van der Waals surface area (Å²) in [5, 5.41) is 7.72. The van der Waals surface area contributed by atoms with Crippen molar-refractivity contribution >= 4 is 39.6 Å². The minimum Gasteiger partial charge on any atom is -0.289 e. The zero-order chi connectivity index (χ0) is 24.5. The Balaban J connectivity index is 1.85. The molecule has 5 aromatic rings. The Labute approximate surface area is 211 Å². The van der Waals surface area contributed by atoms with Gasteiger partial charge in [-0.2, -0.15) is 5.10 Å². The molecule has 174 valence electrons. The van der Waals surface area contributed by atoms with Gasteiger partial charge in [0, 0.05) is 31.0 Å². The van der Waals surface area contributed by atoms with E-state index in [9.17, 15) is 4.79 Å². The van der Waals surface area contributed by atoms with Gasteiger partial charge in [0.05, 0.1) is 5.44 Å². The molecule has 0 amide bonds. The fraction of sp³-hybridized carbons (Fsp3) is 0.0312. The number of aryl methyl sites for hydroxylation is 1.